The maximum atomic E-state index is 12.3. The molecule has 26 heavy (non-hydrogen) atoms. The first kappa shape index (κ1) is 23.0. The van der Waals surface area contributed by atoms with Crippen LogP contribution in [0.3, 0.4) is 0 Å². The van der Waals surface area contributed by atoms with Gasteiger partial charge in [-0.3, -0.25) is 4.90 Å². The number of aryl methyl sites for hydroxylation is 1. The van der Waals surface area contributed by atoms with Crippen molar-refractivity contribution in [2.45, 2.75) is 19.3 Å². The summed E-state index contributed by atoms with van der Waals surface area (Å²) in [5, 5.41) is 5.39. The minimum absolute atomic E-state index is 0. The lowest BCUT2D eigenvalue weighted by molar-refractivity contribution is -0.274. The smallest absolute Gasteiger partial charge is 0.406 e. The Hall–Kier alpha value is -0.990. The fourth-order valence-electron chi connectivity index (χ4n) is 2.98. The Morgan fingerprint density at radius 1 is 1.08 bits per heavy atom. The first-order valence-corrected chi connectivity index (χ1v) is 8.66. The van der Waals surface area contributed by atoms with Gasteiger partial charge in [-0.05, 0) is 41.6 Å². The third kappa shape index (κ3) is 5.76. The summed E-state index contributed by atoms with van der Waals surface area (Å²) in [4.78, 5) is 3.61. The van der Waals surface area contributed by atoms with E-state index in [9.17, 15) is 13.2 Å². The number of rotatable bonds is 4. The molecule has 0 radical (unpaired) electrons. The van der Waals surface area contributed by atoms with Crippen molar-refractivity contribution in [2.24, 2.45) is 0 Å². The molecule has 0 aliphatic carbocycles. The van der Waals surface area contributed by atoms with Crippen molar-refractivity contribution < 1.29 is 17.9 Å². The Kier molecular flexibility index (Phi) is 8.69. The molecule has 1 saturated heterocycles. The molecule has 1 N–H and O–H groups in total. The molecule has 1 fully saturated rings. The Balaban J connectivity index is 0.00000169. The van der Waals surface area contributed by atoms with Crippen LogP contribution >= 0.6 is 36.2 Å². The molecule has 1 aliphatic heterocycles. The van der Waals surface area contributed by atoms with Gasteiger partial charge in [0.15, 0.2) is 0 Å². The SMILES string of the molecule is Cc1ccsc1[C@H](c1ccc(OC(F)(F)F)cc1)N1CCNCC1.Cl.Cl. The van der Waals surface area contributed by atoms with Gasteiger partial charge in [-0.25, -0.2) is 0 Å². The summed E-state index contributed by atoms with van der Waals surface area (Å²) in [5.41, 5.74) is 2.19. The second-order valence-corrected chi connectivity index (χ2v) is 6.72. The number of hydrogen-bond donors (Lipinski definition) is 1. The van der Waals surface area contributed by atoms with Crippen LogP contribution in [0.4, 0.5) is 13.2 Å². The van der Waals surface area contributed by atoms with E-state index in [1.165, 1.54) is 22.6 Å². The zero-order valence-corrected chi connectivity index (χ0v) is 16.5. The largest absolute Gasteiger partial charge is 0.573 e. The van der Waals surface area contributed by atoms with Crippen LogP contribution < -0.4 is 10.1 Å². The standard InChI is InChI=1S/C17H19F3N2OS.2ClH/c1-12-6-11-24-16(12)15(22-9-7-21-8-10-22)13-2-4-14(5-3-13)23-17(18,19)20;;/h2-6,11,15,21H,7-10H2,1H3;2*1H/t15-;;/m0../s1. The third-order valence-electron chi connectivity index (χ3n) is 4.10. The highest BCUT2D eigenvalue weighted by Crippen LogP contribution is 2.35. The van der Waals surface area contributed by atoms with E-state index in [4.69, 9.17) is 0 Å². The number of hydrogen-bond acceptors (Lipinski definition) is 4. The Labute approximate surface area is 167 Å². The molecule has 0 amide bonds. The first-order chi connectivity index (χ1) is 11.4. The van der Waals surface area contributed by atoms with E-state index in [0.717, 1.165) is 31.7 Å². The van der Waals surface area contributed by atoms with Crippen LogP contribution in [-0.4, -0.2) is 37.4 Å². The lowest BCUT2D eigenvalue weighted by Gasteiger charge is -2.35. The zero-order valence-electron chi connectivity index (χ0n) is 14.1. The van der Waals surface area contributed by atoms with Crippen LogP contribution in [0, 0.1) is 6.92 Å². The summed E-state index contributed by atoms with van der Waals surface area (Å²) in [6.45, 7) is 5.71. The fourth-order valence-corrected chi connectivity index (χ4v) is 4.07. The van der Waals surface area contributed by atoms with Crippen molar-refractivity contribution in [1.82, 2.24) is 10.2 Å². The number of thiophene rings is 1. The Bertz CT molecular complexity index is 673. The molecule has 9 heteroatoms. The molecule has 2 aromatic rings. The maximum Gasteiger partial charge on any atom is 0.573 e. The number of alkyl halides is 3. The molecule has 0 bridgehead atoms. The van der Waals surface area contributed by atoms with E-state index in [2.05, 4.69) is 33.3 Å². The molecule has 3 nitrogen and oxygen atoms in total. The summed E-state index contributed by atoms with van der Waals surface area (Å²) in [6, 6.07) is 8.38. The van der Waals surface area contributed by atoms with Crippen LogP contribution in [0.15, 0.2) is 35.7 Å². The van der Waals surface area contributed by atoms with Gasteiger partial charge in [0.1, 0.15) is 5.75 Å². The summed E-state index contributed by atoms with van der Waals surface area (Å²) in [7, 11) is 0. The average molecular weight is 429 g/mol. The van der Waals surface area contributed by atoms with Crippen molar-refractivity contribution in [1.29, 1.82) is 0 Å². The molecule has 1 aliphatic rings. The van der Waals surface area contributed by atoms with Gasteiger partial charge in [0, 0.05) is 31.1 Å². The van der Waals surface area contributed by atoms with Crippen LogP contribution in [0.5, 0.6) is 5.75 Å². The Morgan fingerprint density at radius 2 is 1.69 bits per heavy atom. The number of halogens is 5. The minimum Gasteiger partial charge on any atom is -0.406 e. The fraction of sp³-hybridized carbons (Fsp3) is 0.412. The molecule has 1 aromatic heterocycles. The molecule has 0 spiro atoms. The molecular formula is C17H21Cl2F3N2OS. The van der Waals surface area contributed by atoms with Crippen LogP contribution in [0.2, 0.25) is 0 Å². The molecule has 1 aromatic carbocycles. The number of ether oxygens (including phenoxy) is 1. The molecule has 1 atom stereocenters. The zero-order chi connectivity index (χ0) is 17.2. The average Bonchev–Trinajstić information content (AvgIpc) is 2.95. The molecule has 0 saturated carbocycles. The monoisotopic (exact) mass is 428 g/mol. The molecule has 0 unspecified atom stereocenters. The summed E-state index contributed by atoms with van der Waals surface area (Å²) in [6.07, 6.45) is -4.66. The van der Waals surface area contributed by atoms with Crippen molar-refractivity contribution in [2.75, 3.05) is 26.2 Å². The topological polar surface area (TPSA) is 24.5 Å². The van der Waals surface area contributed by atoms with E-state index >= 15 is 0 Å². The summed E-state index contributed by atoms with van der Waals surface area (Å²) >= 11 is 1.69. The third-order valence-corrected chi connectivity index (χ3v) is 5.17. The van der Waals surface area contributed by atoms with Gasteiger partial charge in [-0.15, -0.1) is 49.3 Å². The summed E-state index contributed by atoms with van der Waals surface area (Å²) in [5.74, 6) is -0.187. The van der Waals surface area contributed by atoms with Gasteiger partial charge in [0.05, 0.1) is 6.04 Å². The second kappa shape index (κ2) is 9.80. The highest BCUT2D eigenvalue weighted by molar-refractivity contribution is 7.10. The second-order valence-electron chi connectivity index (χ2n) is 5.77. The van der Waals surface area contributed by atoms with E-state index in [1.54, 1.807) is 23.5 Å². The van der Waals surface area contributed by atoms with E-state index in [-0.39, 0.29) is 36.6 Å². The molecular weight excluding hydrogens is 408 g/mol. The maximum absolute atomic E-state index is 12.3. The summed E-state index contributed by atoms with van der Waals surface area (Å²) < 4.78 is 41.0. The predicted octanol–water partition coefficient (Wildman–Crippen LogP) is 4.79. The molecule has 2 heterocycles. The van der Waals surface area contributed by atoms with Crippen LogP contribution in [-0.2, 0) is 0 Å². The van der Waals surface area contributed by atoms with Gasteiger partial charge < -0.3 is 10.1 Å². The van der Waals surface area contributed by atoms with Gasteiger partial charge in [-0.1, -0.05) is 12.1 Å². The van der Waals surface area contributed by atoms with Gasteiger partial charge in [0.25, 0.3) is 0 Å². The highest BCUT2D eigenvalue weighted by Gasteiger charge is 2.31. The van der Waals surface area contributed by atoms with Crippen molar-refractivity contribution >= 4 is 36.2 Å². The number of benzene rings is 1. The van der Waals surface area contributed by atoms with Crippen LogP contribution in [0.1, 0.15) is 22.0 Å². The van der Waals surface area contributed by atoms with Crippen molar-refractivity contribution in [3.05, 3.63) is 51.7 Å². The number of nitrogens with one attached hydrogen (secondary N) is 1. The molecule has 146 valence electrons. The van der Waals surface area contributed by atoms with Gasteiger partial charge >= 0.3 is 6.36 Å². The normalized spacial score (nSPS) is 16.3. The van der Waals surface area contributed by atoms with Gasteiger partial charge in [-0.2, -0.15) is 0 Å². The minimum atomic E-state index is -4.66. The number of piperazine rings is 1. The molecule has 3 rings (SSSR count). The van der Waals surface area contributed by atoms with E-state index < -0.39 is 6.36 Å². The predicted molar refractivity (Wildman–Crippen MR) is 103 cm³/mol. The van der Waals surface area contributed by atoms with Crippen LogP contribution in [0.25, 0.3) is 0 Å². The van der Waals surface area contributed by atoms with E-state index in [0.29, 0.717) is 0 Å². The first-order valence-electron chi connectivity index (χ1n) is 7.78. The quantitative estimate of drug-likeness (QED) is 0.756. The van der Waals surface area contributed by atoms with E-state index in [1.807, 2.05) is 0 Å². The lowest BCUT2D eigenvalue weighted by atomic mass is 10.0. The lowest BCUT2D eigenvalue weighted by Crippen LogP contribution is -2.45. The highest BCUT2D eigenvalue weighted by atomic mass is 35.5. The van der Waals surface area contributed by atoms with Crippen molar-refractivity contribution in [3.8, 4) is 5.75 Å². The Morgan fingerprint density at radius 3 is 2.19 bits per heavy atom. The van der Waals surface area contributed by atoms with Gasteiger partial charge in [0.2, 0.25) is 0 Å². The number of nitrogens with zero attached hydrogens (tertiary/aromatic N) is 1. The van der Waals surface area contributed by atoms with Crippen molar-refractivity contribution in [3.63, 3.8) is 0 Å².